The molecule has 0 saturated heterocycles. The molecule has 0 saturated carbocycles. The van der Waals surface area contributed by atoms with Crippen molar-refractivity contribution in [1.82, 2.24) is 4.90 Å². The summed E-state index contributed by atoms with van der Waals surface area (Å²) in [4.78, 5) is 49.5. The molecule has 0 rings (SSSR count). The number of carbonyl (C=O) groups excluding carboxylic acids is 4. The van der Waals surface area contributed by atoms with Gasteiger partial charge >= 0.3 is 17.9 Å². The molecule has 0 spiro atoms. The molecule has 0 aliphatic heterocycles. The van der Waals surface area contributed by atoms with E-state index in [9.17, 15) is 19.2 Å². The molecule has 0 aliphatic carbocycles. The average molecular weight is 416 g/mol. The molecule has 0 heterocycles. The topological polar surface area (TPSA) is 99.2 Å². The van der Waals surface area contributed by atoms with Gasteiger partial charge in [-0.05, 0) is 62.3 Å². The molecule has 0 N–H and O–H groups in total. The van der Waals surface area contributed by atoms with Crippen molar-refractivity contribution in [2.45, 2.75) is 62.3 Å². The molecule has 29 heavy (non-hydrogen) atoms. The number of nitrogens with zero attached hydrogens (tertiary/aromatic N) is 1. The van der Waals surface area contributed by atoms with Crippen LogP contribution < -0.4 is 0 Å². The smallest absolute Gasteiger partial charge is 0.311 e. The van der Waals surface area contributed by atoms with Gasteiger partial charge in [-0.25, -0.2) is 0 Å². The fourth-order valence-corrected chi connectivity index (χ4v) is 1.73. The average Bonchev–Trinajstić information content (AvgIpc) is 2.54. The Morgan fingerprint density at radius 1 is 0.586 bits per heavy atom. The first-order valence-electron chi connectivity index (χ1n) is 9.75. The van der Waals surface area contributed by atoms with Crippen LogP contribution in [0.1, 0.15) is 62.3 Å². The molecule has 8 nitrogen and oxygen atoms in total. The lowest BCUT2D eigenvalue weighted by molar-refractivity contribution is -0.161. The number of hydrogen-bond acceptors (Lipinski definition) is 7. The number of esters is 3. The van der Waals surface area contributed by atoms with Gasteiger partial charge in [0, 0.05) is 0 Å². The molecule has 0 aromatic heterocycles. The van der Waals surface area contributed by atoms with Crippen molar-refractivity contribution in [1.29, 1.82) is 0 Å². The van der Waals surface area contributed by atoms with E-state index in [1.54, 1.807) is 62.3 Å². The molecule has 0 aromatic carbocycles. The Kier molecular flexibility index (Phi) is 9.82. The van der Waals surface area contributed by atoms with Gasteiger partial charge in [0.25, 0.3) is 5.91 Å². The van der Waals surface area contributed by atoms with Crippen LogP contribution in [0, 0.1) is 16.2 Å². The summed E-state index contributed by atoms with van der Waals surface area (Å²) in [6, 6.07) is 0. The van der Waals surface area contributed by atoms with Crippen LogP contribution in [0.5, 0.6) is 0 Å². The Labute approximate surface area is 174 Å². The molecular weight excluding hydrogens is 378 g/mol. The normalized spacial score (nSPS) is 12.2. The molecule has 0 atom stereocenters. The van der Waals surface area contributed by atoms with Gasteiger partial charge in [-0.1, -0.05) is 0 Å². The molecule has 0 fully saturated rings. The minimum atomic E-state index is -0.727. The first-order chi connectivity index (χ1) is 13.0. The monoisotopic (exact) mass is 415 g/mol. The molecule has 0 aliphatic rings. The summed E-state index contributed by atoms with van der Waals surface area (Å²) in [5.74, 6) is -1.73. The lowest BCUT2D eigenvalue weighted by Crippen LogP contribution is -2.41. The molecule has 0 unspecified atom stereocenters. The van der Waals surface area contributed by atoms with E-state index in [1.807, 2.05) is 0 Å². The Morgan fingerprint density at radius 3 is 1.21 bits per heavy atom. The molecule has 168 valence electrons. The van der Waals surface area contributed by atoms with Crippen LogP contribution in [-0.2, 0) is 33.4 Å². The van der Waals surface area contributed by atoms with Crippen LogP contribution in [0.2, 0.25) is 0 Å². The van der Waals surface area contributed by atoms with Crippen molar-refractivity contribution < 1.29 is 33.4 Å². The molecule has 0 aromatic rings. The van der Waals surface area contributed by atoms with Crippen LogP contribution in [-0.4, -0.2) is 61.6 Å². The number of amides is 1. The van der Waals surface area contributed by atoms with E-state index >= 15 is 0 Å². The first kappa shape index (κ1) is 26.9. The van der Waals surface area contributed by atoms with Crippen molar-refractivity contribution in [3.05, 3.63) is 0 Å². The second-order valence-corrected chi connectivity index (χ2v) is 9.98. The van der Waals surface area contributed by atoms with E-state index in [0.29, 0.717) is 0 Å². The highest BCUT2D eigenvalue weighted by atomic mass is 16.5. The van der Waals surface area contributed by atoms with E-state index in [2.05, 4.69) is 0 Å². The Hall–Kier alpha value is -2.12. The zero-order valence-corrected chi connectivity index (χ0v) is 19.3. The van der Waals surface area contributed by atoms with Gasteiger partial charge < -0.3 is 19.1 Å². The van der Waals surface area contributed by atoms with Crippen molar-refractivity contribution in [3.8, 4) is 0 Å². The van der Waals surface area contributed by atoms with Crippen LogP contribution >= 0.6 is 0 Å². The molecular formula is C21H37NO7. The Bertz CT molecular complexity index is 560. The van der Waals surface area contributed by atoms with Crippen molar-refractivity contribution in [2.75, 3.05) is 32.9 Å². The quantitative estimate of drug-likeness (QED) is 0.444. The third-order valence-electron chi connectivity index (χ3n) is 3.71. The van der Waals surface area contributed by atoms with Crippen LogP contribution in [0.15, 0.2) is 0 Å². The second-order valence-electron chi connectivity index (χ2n) is 9.98. The van der Waals surface area contributed by atoms with Gasteiger partial charge in [0.1, 0.15) is 13.2 Å². The van der Waals surface area contributed by atoms with Gasteiger partial charge in [-0.15, -0.1) is 0 Å². The summed E-state index contributed by atoms with van der Waals surface area (Å²) >= 11 is 0. The van der Waals surface area contributed by atoms with Crippen LogP contribution in [0.25, 0.3) is 0 Å². The third-order valence-corrected chi connectivity index (χ3v) is 3.71. The number of carbonyl (C=O) groups is 4. The fourth-order valence-electron chi connectivity index (χ4n) is 1.73. The molecule has 0 bridgehead atoms. The molecule has 1 amide bonds. The highest BCUT2D eigenvalue weighted by Crippen LogP contribution is 2.17. The minimum absolute atomic E-state index is 0.0116. The third kappa shape index (κ3) is 10.9. The van der Waals surface area contributed by atoms with Gasteiger partial charge in [-0.3, -0.25) is 19.2 Å². The zero-order valence-electron chi connectivity index (χ0n) is 19.3. The lowest BCUT2D eigenvalue weighted by atomic mass is 9.97. The molecule has 0 radical (unpaired) electrons. The second kappa shape index (κ2) is 10.6. The maximum atomic E-state index is 12.5. The number of hydrogen-bond donors (Lipinski definition) is 0. The Morgan fingerprint density at radius 2 is 0.897 bits per heavy atom. The highest BCUT2D eigenvalue weighted by molar-refractivity contribution is 5.82. The summed E-state index contributed by atoms with van der Waals surface area (Å²) in [6.07, 6.45) is 0. The van der Waals surface area contributed by atoms with E-state index < -0.39 is 34.7 Å². The van der Waals surface area contributed by atoms with Crippen molar-refractivity contribution in [3.63, 3.8) is 0 Å². The van der Waals surface area contributed by atoms with Crippen LogP contribution in [0.3, 0.4) is 0 Å². The van der Waals surface area contributed by atoms with Crippen molar-refractivity contribution >= 4 is 23.8 Å². The van der Waals surface area contributed by atoms with E-state index in [0.717, 1.165) is 0 Å². The van der Waals surface area contributed by atoms with Gasteiger partial charge in [0.05, 0.1) is 29.3 Å². The summed E-state index contributed by atoms with van der Waals surface area (Å²) in [6.45, 7) is 15.2. The number of ether oxygens (including phenoxy) is 3. The van der Waals surface area contributed by atoms with Gasteiger partial charge in [0.2, 0.25) is 0 Å². The predicted octanol–water partition coefficient (Wildman–Crippen LogP) is 2.58. The molecule has 8 heteroatoms. The van der Waals surface area contributed by atoms with Gasteiger partial charge in [0.15, 0.2) is 6.61 Å². The van der Waals surface area contributed by atoms with Crippen molar-refractivity contribution in [2.24, 2.45) is 16.2 Å². The fraction of sp³-hybridized carbons (Fsp3) is 0.810. The maximum Gasteiger partial charge on any atom is 0.311 e. The standard InChI is InChI=1S/C21H37NO7/c1-19(2,3)16(24)27-12-10-22(11-13-28-17(25)20(4,5)6)15(23)14-29-18(26)21(7,8)9/h10-14H2,1-9H3. The Balaban J connectivity index is 4.85. The van der Waals surface area contributed by atoms with Gasteiger partial charge in [-0.2, -0.15) is 0 Å². The summed E-state index contributed by atoms with van der Waals surface area (Å²) < 4.78 is 15.5. The van der Waals surface area contributed by atoms with E-state index in [-0.39, 0.29) is 38.2 Å². The lowest BCUT2D eigenvalue weighted by Gasteiger charge is -2.25. The van der Waals surface area contributed by atoms with E-state index in [1.165, 1.54) is 4.90 Å². The highest BCUT2D eigenvalue weighted by Gasteiger charge is 2.27. The minimum Gasteiger partial charge on any atom is -0.463 e. The van der Waals surface area contributed by atoms with E-state index in [4.69, 9.17) is 14.2 Å². The summed E-state index contributed by atoms with van der Waals surface area (Å²) in [7, 11) is 0. The van der Waals surface area contributed by atoms with Crippen LogP contribution in [0.4, 0.5) is 0 Å². The summed E-state index contributed by atoms with van der Waals surface area (Å²) in [5, 5.41) is 0. The maximum absolute atomic E-state index is 12.5. The zero-order chi connectivity index (χ0) is 23.0. The largest absolute Gasteiger partial charge is 0.463 e. The summed E-state index contributed by atoms with van der Waals surface area (Å²) in [5.41, 5.74) is -2.03. The predicted molar refractivity (Wildman–Crippen MR) is 108 cm³/mol. The first-order valence-corrected chi connectivity index (χ1v) is 9.75. The SMILES string of the molecule is CC(C)(C)C(=O)OCCN(CCOC(=O)C(C)(C)C)C(=O)COC(=O)C(C)(C)C. The number of rotatable bonds is 8.